The van der Waals surface area contributed by atoms with E-state index in [4.69, 9.17) is 0 Å². The fourth-order valence-electron chi connectivity index (χ4n) is 3.46. The third-order valence-electron chi connectivity index (χ3n) is 5.08. The first kappa shape index (κ1) is 21.5. The summed E-state index contributed by atoms with van der Waals surface area (Å²) in [6, 6.07) is 10.3. The van der Waals surface area contributed by atoms with Gasteiger partial charge < -0.3 is 15.5 Å². The van der Waals surface area contributed by atoms with Crippen molar-refractivity contribution >= 4 is 45.6 Å². The average molecular weight is 508 g/mol. The zero-order valence-corrected chi connectivity index (χ0v) is 18.6. The van der Waals surface area contributed by atoms with Crippen LogP contribution in [0.15, 0.2) is 36.4 Å². The van der Waals surface area contributed by atoms with E-state index >= 15 is 0 Å². The summed E-state index contributed by atoms with van der Waals surface area (Å²) in [5.41, 5.74) is 2.62. The quantitative estimate of drug-likeness (QED) is 0.328. The van der Waals surface area contributed by atoms with Gasteiger partial charge in [-0.2, -0.15) is 0 Å². The Morgan fingerprint density at radius 1 is 1.14 bits per heavy atom. The Morgan fingerprint density at radius 3 is 2.55 bits per heavy atom. The third-order valence-corrected chi connectivity index (χ3v) is 5.75. The summed E-state index contributed by atoms with van der Waals surface area (Å²) >= 11 is 2.24. The maximum absolute atomic E-state index is 12.8. The van der Waals surface area contributed by atoms with Crippen molar-refractivity contribution in [3.63, 3.8) is 0 Å². The van der Waals surface area contributed by atoms with E-state index in [1.807, 2.05) is 25.1 Å². The van der Waals surface area contributed by atoms with Crippen molar-refractivity contribution in [1.29, 1.82) is 0 Å². The smallest absolute Gasteiger partial charge is 0.270 e. The molecule has 8 heteroatoms. The molecule has 1 saturated heterocycles. The molecule has 0 atom stereocenters. The molecule has 1 aliphatic heterocycles. The molecule has 2 aromatic carbocycles. The van der Waals surface area contributed by atoms with E-state index in [0.29, 0.717) is 12.2 Å². The van der Waals surface area contributed by atoms with Crippen molar-refractivity contribution in [3.8, 4) is 0 Å². The molecule has 7 nitrogen and oxygen atoms in total. The molecule has 0 saturated carbocycles. The maximum Gasteiger partial charge on any atom is 0.270 e. The Bertz CT molecular complexity index is 897. The number of nitrogens with zero attached hydrogens (tertiary/aromatic N) is 2. The SMILES string of the molecule is Cc1cc(I)ccc1Nc1ccc([N+](=O)[O-])cc1C(=O)NCCN1CCCCC1. The minimum Gasteiger partial charge on any atom is -0.355 e. The lowest BCUT2D eigenvalue weighted by Gasteiger charge is -2.26. The molecular weight excluding hydrogens is 483 g/mol. The number of rotatable bonds is 7. The largest absolute Gasteiger partial charge is 0.355 e. The molecule has 0 aliphatic carbocycles. The number of aryl methyl sites for hydroxylation is 1. The fourth-order valence-corrected chi connectivity index (χ4v) is 4.11. The first-order valence-corrected chi connectivity index (χ1v) is 10.8. The summed E-state index contributed by atoms with van der Waals surface area (Å²) in [5, 5.41) is 17.4. The number of nitro benzene ring substituents is 1. The van der Waals surface area contributed by atoms with E-state index in [0.717, 1.165) is 34.5 Å². The number of hydrogen-bond acceptors (Lipinski definition) is 5. The van der Waals surface area contributed by atoms with Gasteiger partial charge in [-0.15, -0.1) is 0 Å². The Balaban J connectivity index is 1.75. The van der Waals surface area contributed by atoms with Crippen LogP contribution >= 0.6 is 22.6 Å². The minimum atomic E-state index is -0.482. The summed E-state index contributed by atoms with van der Waals surface area (Å²) in [6.45, 7) is 5.41. The van der Waals surface area contributed by atoms with Gasteiger partial charge in [-0.05, 0) is 85.3 Å². The minimum absolute atomic E-state index is 0.101. The highest BCUT2D eigenvalue weighted by atomic mass is 127. The van der Waals surface area contributed by atoms with Gasteiger partial charge in [-0.25, -0.2) is 0 Å². The molecule has 29 heavy (non-hydrogen) atoms. The monoisotopic (exact) mass is 508 g/mol. The highest BCUT2D eigenvalue weighted by Gasteiger charge is 2.18. The van der Waals surface area contributed by atoms with Crippen LogP contribution in [0.4, 0.5) is 17.1 Å². The van der Waals surface area contributed by atoms with E-state index < -0.39 is 4.92 Å². The predicted octanol–water partition coefficient (Wildman–Crippen LogP) is 4.47. The average Bonchev–Trinajstić information content (AvgIpc) is 2.71. The first-order valence-electron chi connectivity index (χ1n) is 9.76. The van der Waals surface area contributed by atoms with Crippen LogP contribution < -0.4 is 10.6 Å². The van der Waals surface area contributed by atoms with Crippen molar-refractivity contribution < 1.29 is 9.72 Å². The molecule has 0 unspecified atom stereocenters. The van der Waals surface area contributed by atoms with E-state index in [9.17, 15) is 14.9 Å². The van der Waals surface area contributed by atoms with Crippen LogP contribution in [0.25, 0.3) is 0 Å². The number of nitro groups is 1. The Morgan fingerprint density at radius 2 is 1.86 bits per heavy atom. The number of halogens is 1. The second kappa shape index (κ2) is 10.0. The molecule has 1 fully saturated rings. The number of carbonyl (C=O) groups excluding carboxylic acids is 1. The lowest BCUT2D eigenvalue weighted by Crippen LogP contribution is -2.37. The predicted molar refractivity (Wildman–Crippen MR) is 123 cm³/mol. The number of likely N-dealkylation sites (tertiary alicyclic amines) is 1. The van der Waals surface area contributed by atoms with Gasteiger partial charge in [0.25, 0.3) is 11.6 Å². The molecule has 1 heterocycles. The number of nitrogens with one attached hydrogen (secondary N) is 2. The Hall–Kier alpha value is -2.20. The summed E-state index contributed by atoms with van der Waals surface area (Å²) < 4.78 is 1.12. The van der Waals surface area contributed by atoms with Crippen LogP contribution in [0.2, 0.25) is 0 Å². The van der Waals surface area contributed by atoms with E-state index in [1.54, 1.807) is 6.07 Å². The third kappa shape index (κ3) is 5.89. The molecule has 3 rings (SSSR count). The van der Waals surface area contributed by atoms with Crippen LogP contribution in [0.3, 0.4) is 0 Å². The van der Waals surface area contributed by atoms with E-state index in [-0.39, 0.29) is 17.2 Å². The topological polar surface area (TPSA) is 87.5 Å². The van der Waals surface area contributed by atoms with Crippen molar-refractivity contribution in [2.45, 2.75) is 26.2 Å². The maximum atomic E-state index is 12.8. The number of carbonyl (C=O) groups is 1. The van der Waals surface area contributed by atoms with Crippen LogP contribution in [-0.2, 0) is 0 Å². The van der Waals surface area contributed by atoms with Gasteiger partial charge in [0.2, 0.25) is 0 Å². The van der Waals surface area contributed by atoms with Crippen LogP contribution in [0.5, 0.6) is 0 Å². The molecule has 154 valence electrons. The standard InChI is InChI=1S/C21H25IN4O3/c1-15-13-16(22)5-7-19(15)24-20-8-6-17(26(28)29)14-18(20)21(27)23-9-12-25-10-3-2-4-11-25/h5-8,13-14,24H,2-4,9-12H2,1H3,(H,23,27). The lowest BCUT2D eigenvalue weighted by molar-refractivity contribution is -0.384. The van der Waals surface area contributed by atoms with E-state index in [2.05, 4.69) is 38.1 Å². The molecule has 1 amide bonds. The van der Waals surface area contributed by atoms with Gasteiger partial charge in [0, 0.05) is 34.5 Å². The van der Waals surface area contributed by atoms with E-state index in [1.165, 1.54) is 31.4 Å². The van der Waals surface area contributed by atoms with Crippen molar-refractivity contribution in [1.82, 2.24) is 10.2 Å². The number of non-ortho nitro benzene ring substituents is 1. The van der Waals surface area contributed by atoms with Gasteiger partial charge in [0.1, 0.15) is 0 Å². The van der Waals surface area contributed by atoms with Gasteiger partial charge in [0.15, 0.2) is 0 Å². The van der Waals surface area contributed by atoms with Crippen molar-refractivity contribution in [2.75, 3.05) is 31.5 Å². The van der Waals surface area contributed by atoms with Gasteiger partial charge in [-0.1, -0.05) is 6.42 Å². The summed E-state index contributed by atoms with van der Waals surface area (Å²) in [6.07, 6.45) is 3.66. The normalized spacial score (nSPS) is 14.4. The molecule has 0 spiro atoms. The number of piperidine rings is 1. The Kier molecular flexibility index (Phi) is 7.43. The molecule has 0 radical (unpaired) electrons. The molecule has 0 bridgehead atoms. The van der Waals surface area contributed by atoms with Crippen molar-refractivity contribution in [3.05, 3.63) is 61.2 Å². The van der Waals surface area contributed by atoms with Crippen LogP contribution in [-0.4, -0.2) is 41.9 Å². The molecule has 1 aliphatic rings. The molecular formula is C21H25IN4O3. The molecule has 2 N–H and O–H groups in total. The van der Waals surface area contributed by atoms with Crippen molar-refractivity contribution in [2.24, 2.45) is 0 Å². The van der Waals surface area contributed by atoms with Crippen LogP contribution in [0.1, 0.15) is 35.2 Å². The molecule has 2 aromatic rings. The van der Waals surface area contributed by atoms with Gasteiger partial charge in [-0.3, -0.25) is 14.9 Å². The Labute approximate surface area is 184 Å². The number of benzene rings is 2. The summed E-state index contributed by atoms with van der Waals surface area (Å²) in [5.74, 6) is -0.309. The second-order valence-electron chi connectivity index (χ2n) is 7.23. The number of hydrogen-bond donors (Lipinski definition) is 2. The number of amides is 1. The van der Waals surface area contributed by atoms with Crippen LogP contribution in [0, 0.1) is 20.6 Å². The molecule has 0 aromatic heterocycles. The lowest BCUT2D eigenvalue weighted by atomic mass is 10.1. The zero-order valence-electron chi connectivity index (χ0n) is 16.4. The first-order chi connectivity index (χ1) is 13.9. The summed E-state index contributed by atoms with van der Waals surface area (Å²) in [7, 11) is 0. The highest BCUT2D eigenvalue weighted by Crippen LogP contribution is 2.27. The van der Waals surface area contributed by atoms with Gasteiger partial charge in [0.05, 0.1) is 16.2 Å². The zero-order chi connectivity index (χ0) is 20.8. The summed E-state index contributed by atoms with van der Waals surface area (Å²) in [4.78, 5) is 25.9. The second-order valence-corrected chi connectivity index (χ2v) is 8.48. The van der Waals surface area contributed by atoms with Gasteiger partial charge >= 0.3 is 0 Å². The fraction of sp³-hybridized carbons (Fsp3) is 0.381. The highest BCUT2D eigenvalue weighted by molar-refractivity contribution is 14.1. The number of anilines is 2.